The van der Waals surface area contributed by atoms with E-state index in [1.165, 1.54) is 10.7 Å². The first-order chi connectivity index (χ1) is 9.40. The van der Waals surface area contributed by atoms with Crippen molar-refractivity contribution in [2.45, 2.75) is 23.3 Å². The van der Waals surface area contributed by atoms with Gasteiger partial charge in [-0.15, -0.1) is 5.10 Å². The Labute approximate surface area is 116 Å². The summed E-state index contributed by atoms with van der Waals surface area (Å²) < 4.78 is 39.6. The van der Waals surface area contributed by atoms with Crippen molar-refractivity contribution in [2.75, 3.05) is 11.9 Å². The summed E-state index contributed by atoms with van der Waals surface area (Å²) in [6.07, 6.45) is -4.61. The molecule has 0 aliphatic rings. The molecule has 108 valence electrons. The number of halogens is 3. The number of nitrogens with one attached hydrogen (secondary N) is 1. The summed E-state index contributed by atoms with van der Waals surface area (Å²) in [5.74, 6) is -1.10. The first-order valence-corrected chi connectivity index (χ1v) is 6.32. The maximum Gasteiger partial charge on any atom is 0.451 e. The lowest BCUT2D eigenvalue weighted by atomic mass is 10.5. The van der Waals surface area contributed by atoms with Gasteiger partial charge in [0.05, 0.1) is 0 Å². The number of anilines is 1. The van der Waals surface area contributed by atoms with E-state index in [0.29, 0.717) is 11.7 Å². The second-order valence-electron chi connectivity index (χ2n) is 3.63. The number of aromatic nitrogens is 6. The highest BCUT2D eigenvalue weighted by molar-refractivity contribution is 7.99. The molecule has 20 heavy (non-hydrogen) atoms. The van der Waals surface area contributed by atoms with E-state index in [0.717, 1.165) is 11.8 Å². The van der Waals surface area contributed by atoms with Crippen molar-refractivity contribution >= 4 is 17.6 Å². The number of alkyl halides is 3. The van der Waals surface area contributed by atoms with E-state index in [2.05, 4.69) is 30.8 Å². The number of hydrogen-bond acceptors (Lipinski definition) is 7. The lowest BCUT2D eigenvalue weighted by Crippen LogP contribution is -2.13. The van der Waals surface area contributed by atoms with E-state index in [9.17, 15) is 13.2 Å². The predicted molar refractivity (Wildman–Crippen MR) is 64.1 cm³/mol. The SMILES string of the molecule is CCNc1cc(Sc2nnnn2C)nc(C(F)(F)F)n1. The molecule has 0 aromatic carbocycles. The number of aryl methyl sites for hydroxylation is 1. The van der Waals surface area contributed by atoms with Gasteiger partial charge in [-0.25, -0.2) is 14.6 Å². The predicted octanol–water partition coefficient (Wildman–Crippen LogP) is 1.60. The third kappa shape index (κ3) is 3.35. The van der Waals surface area contributed by atoms with Crippen molar-refractivity contribution in [3.8, 4) is 0 Å². The number of hydrogen-bond donors (Lipinski definition) is 1. The van der Waals surface area contributed by atoms with Gasteiger partial charge in [0.15, 0.2) is 0 Å². The van der Waals surface area contributed by atoms with Crippen LogP contribution in [0.25, 0.3) is 0 Å². The summed E-state index contributed by atoms with van der Waals surface area (Å²) in [6.45, 7) is 2.21. The van der Waals surface area contributed by atoms with Crippen molar-refractivity contribution < 1.29 is 13.2 Å². The minimum atomic E-state index is -4.61. The molecule has 11 heteroatoms. The fourth-order valence-electron chi connectivity index (χ4n) is 1.28. The van der Waals surface area contributed by atoms with E-state index < -0.39 is 12.0 Å². The van der Waals surface area contributed by atoms with Gasteiger partial charge in [0.1, 0.15) is 10.8 Å². The molecule has 0 atom stereocenters. The van der Waals surface area contributed by atoms with Gasteiger partial charge in [-0.2, -0.15) is 13.2 Å². The zero-order chi connectivity index (χ0) is 14.8. The standard InChI is InChI=1S/C9H10F3N7S/c1-3-13-5-4-6(15-7(14-5)9(10,11)12)20-8-16-17-18-19(8)2/h4H,3H2,1-2H3,(H,13,14,15). The van der Waals surface area contributed by atoms with Gasteiger partial charge in [-0.3, -0.25) is 0 Å². The minimum Gasteiger partial charge on any atom is -0.370 e. The molecule has 0 fully saturated rings. The summed E-state index contributed by atoms with van der Waals surface area (Å²) >= 11 is 0.927. The van der Waals surface area contributed by atoms with E-state index in [4.69, 9.17) is 0 Å². The highest BCUT2D eigenvalue weighted by Crippen LogP contribution is 2.31. The van der Waals surface area contributed by atoms with Crippen molar-refractivity contribution in [1.82, 2.24) is 30.2 Å². The molecule has 0 radical (unpaired) electrons. The largest absolute Gasteiger partial charge is 0.451 e. The monoisotopic (exact) mass is 305 g/mol. The van der Waals surface area contributed by atoms with Crippen molar-refractivity contribution in [1.29, 1.82) is 0 Å². The fraction of sp³-hybridized carbons (Fsp3) is 0.444. The van der Waals surface area contributed by atoms with Crippen molar-refractivity contribution in [3.63, 3.8) is 0 Å². The average Bonchev–Trinajstić information content (AvgIpc) is 2.74. The van der Waals surface area contributed by atoms with E-state index in [1.54, 1.807) is 14.0 Å². The Morgan fingerprint density at radius 3 is 2.65 bits per heavy atom. The maximum absolute atomic E-state index is 12.7. The third-order valence-corrected chi connectivity index (χ3v) is 3.04. The number of tetrazole rings is 1. The zero-order valence-corrected chi connectivity index (χ0v) is 11.3. The first-order valence-electron chi connectivity index (χ1n) is 5.50. The van der Waals surface area contributed by atoms with Gasteiger partial charge in [-0.05, 0) is 29.1 Å². The molecule has 0 unspecified atom stereocenters. The number of rotatable bonds is 4. The van der Waals surface area contributed by atoms with Crippen LogP contribution in [0.3, 0.4) is 0 Å². The Bertz CT molecular complexity index is 597. The summed E-state index contributed by atoms with van der Waals surface area (Å²) in [7, 11) is 1.58. The van der Waals surface area contributed by atoms with E-state index in [-0.39, 0.29) is 10.8 Å². The molecule has 0 saturated heterocycles. The molecule has 2 aromatic rings. The lowest BCUT2D eigenvalue weighted by molar-refractivity contribution is -0.145. The molecule has 2 aromatic heterocycles. The summed E-state index contributed by atoms with van der Waals surface area (Å²) in [5, 5.41) is 13.9. The van der Waals surface area contributed by atoms with Crippen LogP contribution in [0.4, 0.5) is 19.0 Å². The summed E-state index contributed by atoms with van der Waals surface area (Å²) in [5.41, 5.74) is 0. The smallest absolute Gasteiger partial charge is 0.370 e. The molecule has 0 amide bonds. The molecule has 2 rings (SSSR count). The van der Waals surface area contributed by atoms with Crippen LogP contribution >= 0.6 is 11.8 Å². The first kappa shape index (κ1) is 14.5. The Morgan fingerprint density at radius 1 is 1.35 bits per heavy atom. The molecular weight excluding hydrogens is 295 g/mol. The Kier molecular flexibility index (Phi) is 4.06. The van der Waals surface area contributed by atoms with E-state index >= 15 is 0 Å². The summed E-state index contributed by atoms with van der Waals surface area (Å²) in [6, 6.07) is 1.41. The molecule has 0 saturated carbocycles. The van der Waals surface area contributed by atoms with Crippen LogP contribution in [0.2, 0.25) is 0 Å². The summed E-state index contributed by atoms with van der Waals surface area (Å²) in [4.78, 5) is 6.91. The van der Waals surface area contributed by atoms with Crippen LogP contribution in [-0.2, 0) is 13.2 Å². The second-order valence-corrected chi connectivity index (χ2v) is 4.62. The molecule has 0 aliphatic heterocycles. The van der Waals surface area contributed by atoms with Crippen LogP contribution in [-0.4, -0.2) is 36.7 Å². The molecule has 2 heterocycles. The van der Waals surface area contributed by atoms with Crippen LogP contribution in [0.1, 0.15) is 12.7 Å². The Morgan fingerprint density at radius 2 is 2.10 bits per heavy atom. The highest BCUT2D eigenvalue weighted by Gasteiger charge is 2.35. The Hall–Kier alpha value is -1.91. The molecule has 0 bridgehead atoms. The van der Waals surface area contributed by atoms with Crippen LogP contribution in [0.5, 0.6) is 0 Å². The second kappa shape index (κ2) is 5.61. The van der Waals surface area contributed by atoms with Gasteiger partial charge in [-0.1, -0.05) is 0 Å². The van der Waals surface area contributed by atoms with Crippen molar-refractivity contribution in [3.05, 3.63) is 11.9 Å². The molecular formula is C9H10F3N7S. The molecule has 1 N–H and O–H groups in total. The fourth-order valence-corrected chi connectivity index (χ4v) is 2.01. The zero-order valence-electron chi connectivity index (χ0n) is 10.5. The van der Waals surface area contributed by atoms with Gasteiger partial charge >= 0.3 is 6.18 Å². The van der Waals surface area contributed by atoms with Gasteiger partial charge in [0.2, 0.25) is 11.0 Å². The van der Waals surface area contributed by atoms with Gasteiger partial charge in [0, 0.05) is 19.7 Å². The maximum atomic E-state index is 12.7. The molecule has 7 nitrogen and oxygen atoms in total. The topological polar surface area (TPSA) is 81.4 Å². The number of nitrogens with zero attached hydrogens (tertiary/aromatic N) is 6. The van der Waals surface area contributed by atoms with Gasteiger partial charge < -0.3 is 5.32 Å². The van der Waals surface area contributed by atoms with Crippen LogP contribution < -0.4 is 5.32 Å². The van der Waals surface area contributed by atoms with Crippen LogP contribution in [0, 0.1) is 0 Å². The quantitative estimate of drug-likeness (QED) is 0.859. The average molecular weight is 305 g/mol. The minimum absolute atomic E-state index is 0.104. The molecule has 0 aliphatic carbocycles. The van der Waals surface area contributed by atoms with Crippen molar-refractivity contribution in [2.24, 2.45) is 7.05 Å². The van der Waals surface area contributed by atoms with Gasteiger partial charge in [0.25, 0.3) is 0 Å². The Balaban J connectivity index is 2.36. The van der Waals surface area contributed by atoms with E-state index in [1.807, 2.05) is 0 Å². The third-order valence-electron chi connectivity index (χ3n) is 2.09. The normalized spacial score (nSPS) is 11.7. The van der Waals surface area contributed by atoms with Crippen LogP contribution in [0.15, 0.2) is 16.2 Å². The lowest BCUT2D eigenvalue weighted by Gasteiger charge is -2.10. The highest BCUT2D eigenvalue weighted by atomic mass is 32.2. The molecule has 0 spiro atoms.